The standard InChI is InChI=1S/C27H23ClN4O3/c1-15-9-11-19(28)14-22(15)30-27(35)21-12-17-6-4-5-7-20(17)24(25(21)33)32-31-23-13-18(26(34)29-3)10-8-16(23)2/h4-14,33H,1-3H3,(H,29,34)(H,30,35)/b32-31+. The number of anilines is 1. The molecule has 176 valence electrons. The van der Waals surface area contributed by atoms with Crippen molar-refractivity contribution in [1.82, 2.24) is 5.32 Å². The van der Waals surface area contributed by atoms with Crippen LogP contribution in [-0.2, 0) is 0 Å². The maximum atomic E-state index is 13.1. The molecule has 0 unspecified atom stereocenters. The number of nitrogens with one attached hydrogen (secondary N) is 2. The summed E-state index contributed by atoms with van der Waals surface area (Å²) in [4.78, 5) is 25.2. The van der Waals surface area contributed by atoms with Gasteiger partial charge in [-0.2, -0.15) is 5.11 Å². The Hall–Kier alpha value is -4.23. The van der Waals surface area contributed by atoms with Gasteiger partial charge in [-0.05, 0) is 60.7 Å². The number of nitrogens with zero attached hydrogens (tertiary/aromatic N) is 2. The fourth-order valence-electron chi connectivity index (χ4n) is 3.62. The molecule has 4 aromatic carbocycles. The summed E-state index contributed by atoms with van der Waals surface area (Å²) < 4.78 is 0. The minimum atomic E-state index is -0.507. The van der Waals surface area contributed by atoms with E-state index in [1.54, 1.807) is 55.6 Å². The number of halogens is 1. The number of fused-ring (bicyclic) bond motifs is 1. The average Bonchev–Trinajstić information content (AvgIpc) is 2.85. The summed E-state index contributed by atoms with van der Waals surface area (Å²) in [6.07, 6.45) is 0. The summed E-state index contributed by atoms with van der Waals surface area (Å²) in [5.74, 6) is -1.05. The van der Waals surface area contributed by atoms with Crippen molar-refractivity contribution in [3.05, 3.63) is 94.0 Å². The van der Waals surface area contributed by atoms with Gasteiger partial charge in [0.2, 0.25) is 0 Å². The molecule has 0 atom stereocenters. The van der Waals surface area contributed by atoms with Crippen molar-refractivity contribution in [2.45, 2.75) is 13.8 Å². The quantitative estimate of drug-likeness (QED) is 0.269. The predicted molar refractivity (Wildman–Crippen MR) is 139 cm³/mol. The number of azo groups is 1. The second-order valence-electron chi connectivity index (χ2n) is 8.04. The predicted octanol–water partition coefficient (Wildman–Crippen LogP) is 6.84. The summed E-state index contributed by atoms with van der Waals surface area (Å²) in [5, 5.41) is 26.9. The lowest BCUT2D eigenvalue weighted by Gasteiger charge is -2.13. The van der Waals surface area contributed by atoms with Crippen LogP contribution in [0.1, 0.15) is 31.8 Å². The number of benzene rings is 4. The van der Waals surface area contributed by atoms with E-state index >= 15 is 0 Å². The molecule has 7 nitrogen and oxygen atoms in total. The fourth-order valence-corrected chi connectivity index (χ4v) is 3.79. The van der Waals surface area contributed by atoms with Crippen LogP contribution in [0.25, 0.3) is 10.8 Å². The Kier molecular flexibility index (Phi) is 6.80. The smallest absolute Gasteiger partial charge is 0.259 e. The van der Waals surface area contributed by atoms with Gasteiger partial charge in [-0.3, -0.25) is 9.59 Å². The average molecular weight is 487 g/mol. The second-order valence-corrected chi connectivity index (χ2v) is 8.47. The summed E-state index contributed by atoms with van der Waals surface area (Å²) in [7, 11) is 1.55. The number of carbonyl (C=O) groups is 2. The van der Waals surface area contributed by atoms with E-state index < -0.39 is 5.91 Å². The highest BCUT2D eigenvalue weighted by Gasteiger charge is 2.19. The highest BCUT2D eigenvalue weighted by atomic mass is 35.5. The van der Waals surface area contributed by atoms with Gasteiger partial charge in [-0.1, -0.05) is 48.0 Å². The highest BCUT2D eigenvalue weighted by Crippen LogP contribution is 2.40. The lowest BCUT2D eigenvalue weighted by atomic mass is 10.0. The Morgan fingerprint density at radius 2 is 1.63 bits per heavy atom. The van der Waals surface area contributed by atoms with Gasteiger partial charge in [-0.25, -0.2) is 0 Å². The topological polar surface area (TPSA) is 103 Å². The number of hydrogen-bond acceptors (Lipinski definition) is 5. The van der Waals surface area contributed by atoms with Crippen LogP contribution in [0.2, 0.25) is 5.02 Å². The first-order chi connectivity index (χ1) is 16.8. The number of hydrogen-bond donors (Lipinski definition) is 3. The molecule has 0 saturated carbocycles. The first-order valence-corrected chi connectivity index (χ1v) is 11.2. The maximum absolute atomic E-state index is 13.1. The number of aromatic hydroxyl groups is 1. The van der Waals surface area contributed by atoms with Crippen molar-refractivity contribution in [1.29, 1.82) is 0 Å². The summed E-state index contributed by atoms with van der Waals surface area (Å²) in [6.45, 7) is 3.69. The number of carbonyl (C=O) groups excluding carboxylic acids is 2. The lowest BCUT2D eigenvalue weighted by Crippen LogP contribution is -2.17. The van der Waals surface area contributed by atoms with E-state index in [2.05, 4.69) is 20.9 Å². The van der Waals surface area contributed by atoms with Gasteiger partial charge in [0.05, 0.1) is 11.3 Å². The van der Waals surface area contributed by atoms with E-state index in [1.165, 1.54) is 0 Å². The molecule has 3 N–H and O–H groups in total. The van der Waals surface area contributed by atoms with Crippen LogP contribution >= 0.6 is 11.6 Å². The lowest BCUT2D eigenvalue weighted by molar-refractivity contribution is 0.0962. The number of rotatable bonds is 5. The van der Waals surface area contributed by atoms with Crippen molar-refractivity contribution < 1.29 is 14.7 Å². The number of amides is 2. The zero-order chi connectivity index (χ0) is 25.1. The molecule has 0 aliphatic rings. The Morgan fingerprint density at radius 1 is 0.886 bits per heavy atom. The summed E-state index contributed by atoms with van der Waals surface area (Å²) in [5.41, 5.74) is 3.28. The van der Waals surface area contributed by atoms with Crippen LogP contribution < -0.4 is 10.6 Å². The van der Waals surface area contributed by atoms with Gasteiger partial charge < -0.3 is 15.7 Å². The first kappa shape index (κ1) is 23.9. The normalized spacial score (nSPS) is 11.1. The van der Waals surface area contributed by atoms with Gasteiger partial charge in [0.15, 0.2) is 5.75 Å². The van der Waals surface area contributed by atoms with Crippen molar-refractivity contribution in [2.75, 3.05) is 12.4 Å². The number of phenolic OH excluding ortho intramolecular Hbond substituents is 1. The fraction of sp³-hybridized carbons (Fsp3) is 0.111. The zero-order valence-electron chi connectivity index (χ0n) is 19.4. The maximum Gasteiger partial charge on any atom is 0.259 e. The monoisotopic (exact) mass is 486 g/mol. The third kappa shape index (κ3) is 5.00. The second kappa shape index (κ2) is 9.95. The van der Waals surface area contributed by atoms with Crippen LogP contribution in [0.3, 0.4) is 0 Å². The molecule has 0 aromatic heterocycles. The highest BCUT2D eigenvalue weighted by molar-refractivity contribution is 6.31. The Labute approximate surface area is 207 Å². The SMILES string of the molecule is CNC(=O)c1ccc(C)c(/N=N/c2c(O)c(C(=O)Nc3cc(Cl)ccc3C)cc3ccccc23)c1. The molecule has 2 amide bonds. The number of aryl methyl sites for hydroxylation is 2. The van der Waals surface area contributed by atoms with Crippen molar-refractivity contribution in [3.63, 3.8) is 0 Å². The molecule has 0 spiro atoms. The van der Waals surface area contributed by atoms with E-state index in [0.717, 1.165) is 11.1 Å². The molecule has 4 aromatic rings. The summed E-state index contributed by atoms with van der Waals surface area (Å²) >= 11 is 6.08. The molecule has 35 heavy (non-hydrogen) atoms. The van der Waals surface area contributed by atoms with Crippen LogP contribution in [0.5, 0.6) is 5.75 Å². The van der Waals surface area contributed by atoms with Crippen LogP contribution in [0, 0.1) is 13.8 Å². The minimum absolute atomic E-state index is 0.0489. The van der Waals surface area contributed by atoms with Crippen molar-refractivity contribution in [3.8, 4) is 5.75 Å². The van der Waals surface area contributed by atoms with Gasteiger partial charge in [0.25, 0.3) is 11.8 Å². The molecule has 0 bridgehead atoms. The Morgan fingerprint density at radius 3 is 2.40 bits per heavy atom. The summed E-state index contributed by atoms with van der Waals surface area (Å²) in [6, 6.07) is 19.1. The molecule has 4 rings (SSSR count). The molecular weight excluding hydrogens is 464 g/mol. The molecule has 0 aliphatic heterocycles. The Bertz CT molecular complexity index is 1500. The molecule has 0 aliphatic carbocycles. The Balaban J connectivity index is 1.79. The largest absolute Gasteiger partial charge is 0.505 e. The minimum Gasteiger partial charge on any atom is -0.505 e. The van der Waals surface area contributed by atoms with E-state index in [4.69, 9.17) is 11.6 Å². The van der Waals surface area contributed by atoms with Crippen LogP contribution in [0.4, 0.5) is 17.1 Å². The third-order valence-corrected chi connectivity index (χ3v) is 5.88. The zero-order valence-corrected chi connectivity index (χ0v) is 20.1. The third-order valence-electron chi connectivity index (χ3n) is 5.64. The molecule has 0 heterocycles. The van der Waals surface area contributed by atoms with E-state index in [0.29, 0.717) is 32.7 Å². The van der Waals surface area contributed by atoms with E-state index in [-0.39, 0.29) is 22.9 Å². The van der Waals surface area contributed by atoms with Gasteiger partial charge >= 0.3 is 0 Å². The van der Waals surface area contributed by atoms with E-state index in [1.807, 2.05) is 32.0 Å². The molecule has 0 saturated heterocycles. The molecule has 8 heteroatoms. The van der Waals surface area contributed by atoms with Gasteiger partial charge in [-0.15, -0.1) is 5.11 Å². The molecule has 0 radical (unpaired) electrons. The molecular formula is C27H23ClN4O3. The van der Waals surface area contributed by atoms with Crippen LogP contribution in [0.15, 0.2) is 77.0 Å². The van der Waals surface area contributed by atoms with Crippen LogP contribution in [-0.4, -0.2) is 24.0 Å². The van der Waals surface area contributed by atoms with Crippen molar-refractivity contribution >= 4 is 51.2 Å². The van der Waals surface area contributed by atoms with Crippen molar-refractivity contribution in [2.24, 2.45) is 10.2 Å². The van der Waals surface area contributed by atoms with E-state index in [9.17, 15) is 14.7 Å². The van der Waals surface area contributed by atoms with Gasteiger partial charge in [0, 0.05) is 28.7 Å². The molecule has 0 fully saturated rings. The first-order valence-electron chi connectivity index (χ1n) is 10.8. The number of phenols is 1. The van der Waals surface area contributed by atoms with Gasteiger partial charge in [0.1, 0.15) is 5.69 Å².